The summed E-state index contributed by atoms with van der Waals surface area (Å²) in [5.74, 6) is 5.41. The number of methoxy groups -OCH3 is 8. The lowest BCUT2D eigenvalue weighted by atomic mass is 9.81. The van der Waals surface area contributed by atoms with Crippen molar-refractivity contribution in [1.29, 1.82) is 0 Å². The number of rotatable bonds is 46. The van der Waals surface area contributed by atoms with E-state index < -0.39 is 73.5 Å². The standard InChI is InChI=1S/C38H42N6O10S.C27H37BN2O7.C26H34N2O6.C14H13N3O4S.2CH4/c1-38(27-12-14-28(15-13-27)54-29-16-17-31(52-2)32(22-29)53-3)19-21-44(37(38)47)30(36(46)43-48)9-6-7-20-39-35(45)26-11-18-34(40-23-26)42-41-24-25-8-4-5-10-33(25)55(49,50)51;1-27(15-17-30(26(27)32)22(25(31)36-5)8-6-7-16-29-28(2)33)19-9-11-20(12-10-19)37-21-13-14-23(34-3)24(18-21)35-4;1-26(14-16-28(25(26)30)21(24(29)33-4)7-5-6-15-27)18-8-10-19(11-9-18)34-20-12-13-22(31-2)23(17-20)32-3;1-10(18)11-6-7-14(15-8-11)17-16-9-12-4-2-3-5-13(12)22(19,20)21;;/h4-5,8,10-18,22-24,30,48H,6-7,9,19-21H2,1-3H3,(H,39,45)(H,40,42)(H,43,46)(H,49,50,51);9-14,18,22,29,33H,6-8,15-17H2,1-5H3;8-13,17,21H,5-7,14-16,27H2,1-4H3;2-9H,1H3,(H,15,17)(H,19,20,21);2*1H4/b41-24-;;;16-9-;;/t30-,38+;22-,27+;21-,26+;;;/m111.../s1. The van der Waals surface area contributed by atoms with Gasteiger partial charge in [-0.15, -0.1) is 0 Å². The van der Waals surface area contributed by atoms with E-state index in [2.05, 4.69) is 41.6 Å². The third-order valence-electron chi connectivity index (χ3n) is 25.3. The molecule has 3 saturated heterocycles. The number of ether oxygens (including phenoxy) is 11. The summed E-state index contributed by atoms with van der Waals surface area (Å²) < 4.78 is 124. The monoisotopic (exact) mass is 2110 g/mol. The molecule has 0 radical (unpaired) electrons. The molecule has 5 heterocycles. The number of carbonyl (C=O) groups excluding carboxylic acids is 8. The van der Waals surface area contributed by atoms with Crippen LogP contribution in [0.25, 0.3) is 0 Å². The van der Waals surface area contributed by atoms with Gasteiger partial charge in [-0.05, 0) is 251 Å². The zero-order valence-corrected chi connectivity index (χ0v) is 86.2. The van der Waals surface area contributed by atoms with Gasteiger partial charge in [-0.2, -0.15) is 27.0 Å². The van der Waals surface area contributed by atoms with Gasteiger partial charge in [0.15, 0.2) is 40.3 Å². The summed E-state index contributed by atoms with van der Waals surface area (Å²) in [6.07, 6.45) is 12.2. The largest absolute Gasteiger partial charge is 0.493 e. The summed E-state index contributed by atoms with van der Waals surface area (Å²) in [7, 11) is 2.77. The second-order valence-corrected chi connectivity index (χ2v) is 37.9. The number of nitrogens with zero attached hydrogens (tertiary/aromatic N) is 7. The summed E-state index contributed by atoms with van der Waals surface area (Å²) in [6.45, 7) is 11.5. The third kappa shape index (κ3) is 32.0. The van der Waals surface area contributed by atoms with E-state index in [0.717, 1.165) is 42.4 Å². The summed E-state index contributed by atoms with van der Waals surface area (Å²) in [5.41, 5.74) is 13.8. The van der Waals surface area contributed by atoms with Gasteiger partial charge in [0.25, 0.3) is 32.1 Å². The zero-order valence-electron chi connectivity index (χ0n) is 84.6. The first-order valence-electron chi connectivity index (χ1n) is 47.4. The van der Waals surface area contributed by atoms with Gasteiger partial charge < -0.3 is 88.1 Å². The molecule has 150 heavy (non-hydrogen) atoms. The lowest BCUT2D eigenvalue weighted by Crippen LogP contribution is -2.49. The molecule has 13 rings (SSSR count). The molecule has 0 unspecified atom stereocenters. The summed E-state index contributed by atoms with van der Waals surface area (Å²) in [6, 6.07) is 53.8. The molecule has 11 N–H and O–H groups in total. The van der Waals surface area contributed by atoms with Crippen molar-refractivity contribution in [1.82, 2.24) is 40.7 Å². The molecule has 5 amide bonds. The smallest absolute Gasteiger partial charge is 0.373 e. The van der Waals surface area contributed by atoms with Gasteiger partial charge in [-0.1, -0.05) is 87.6 Å². The molecule has 40 nitrogen and oxygen atoms in total. The number of hydrogen-bond acceptors (Lipinski definition) is 33. The Balaban J connectivity index is 0.000000254. The highest BCUT2D eigenvalue weighted by Gasteiger charge is 2.51. The Morgan fingerprint density at radius 3 is 1.11 bits per heavy atom. The van der Waals surface area contributed by atoms with Crippen LogP contribution in [0.5, 0.6) is 69.0 Å². The molecule has 0 bridgehead atoms. The molecule has 0 spiro atoms. The molecule has 2 aromatic heterocycles. The molecule has 0 saturated carbocycles. The van der Waals surface area contributed by atoms with E-state index in [1.54, 1.807) is 149 Å². The summed E-state index contributed by atoms with van der Waals surface area (Å²) in [5, 5.41) is 32.4. The first kappa shape index (κ1) is 120. The number of nitrogens with two attached hydrogens (primary N) is 1. The number of hydroxylamine groups is 1. The zero-order chi connectivity index (χ0) is 107. The maximum Gasteiger partial charge on any atom is 0.373 e. The van der Waals surface area contributed by atoms with E-state index in [-0.39, 0.29) is 95.5 Å². The van der Waals surface area contributed by atoms with Gasteiger partial charge in [-0.25, -0.2) is 25.0 Å². The van der Waals surface area contributed by atoms with Crippen molar-refractivity contribution in [2.45, 2.75) is 171 Å². The van der Waals surface area contributed by atoms with E-state index in [1.807, 2.05) is 81.4 Å². The van der Waals surface area contributed by atoms with Crippen molar-refractivity contribution in [3.8, 4) is 69.0 Å². The SMILES string of the molecule is C.C.CC(=O)c1ccc(N/N=C\c2ccccc2S(=O)(=O)O)nc1.COC(=O)[C@@H](CCCCN)N1CC[C@@](C)(c2ccc(Oc3ccc(OC)c(OC)c3)cc2)C1=O.COC(=O)[C@@H](CCCCNB(C)O)N1CC[C@@](C)(c2ccc(Oc3ccc(OC)c(OC)c3)cc2)C1=O.COc1ccc(Oc2ccc([C@]3(C)CCN([C@H](CCCCNC(=O)c4ccc(N/N=C\c5ccccc5S(=O)(=O)O)nc4)C(=O)NO)C3=O)cc2)cc1OC. The van der Waals surface area contributed by atoms with E-state index in [4.69, 9.17) is 62.4 Å². The van der Waals surface area contributed by atoms with Crippen molar-refractivity contribution < 1.29 is 127 Å². The predicted octanol–water partition coefficient (Wildman–Crippen LogP) is 14.9. The van der Waals surface area contributed by atoms with Crippen molar-refractivity contribution in [2.24, 2.45) is 15.9 Å². The van der Waals surface area contributed by atoms with Gasteiger partial charge in [0.05, 0.1) is 91.1 Å². The molecule has 3 aliphatic heterocycles. The molecule has 6 atom stereocenters. The second kappa shape index (κ2) is 56.9. The maximum atomic E-state index is 13.8. The fourth-order valence-electron chi connectivity index (χ4n) is 16.9. The van der Waals surface area contributed by atoms with Crippen molar-refractivity contribution in [3.63, 3.8) is 0 Å². The number of anilines is 2. The molecule has 3 fully saturated rings. The van der Waals surface area contributed by atoms with Crippen molar-refractivity contribution in [2.75, 3.05) is 107 Å². The van der Waals surface area contributed by atoms with Crippen LogP contribution >= 0.6 is 0 Å². The Morgan fingerprint density at radius 2 is 0.787 bits per heavy atom. The predicted molar refractivity (Wildman–Crippen MR) is 566 cm³/mol. The van der Waals surface area contributed by atoms with E-state index in [9.17, 15) is 70.0 Å². The highest BCUT2D eigenvalue weighted by Crippen LogP contribution is 2.44. The fourth-order valence-corrected chi connectivity index (χ4v) is 18.2. The number of carbonyl (C=O) groups is 8. The molecule has 10 aromatic rings. The summed E-state index contributed by atoms with van der Waals surface area (Å²) in [4.78, 5) is 115. The average molecular weight is 2110 g/mol. The summed E-state index contributed by atoms with van der Waals surface area (Å²) >= 11 is 0. The van der Waals surface area contributed by atoms with Gasteiger partial charge in [0.1, 0.15) is 74.0 Å². The Bertz CT molecular complexity index is 6500. The quantitative estimate of drug-likeness (QED) is 0.00247. The number of unbranched alkanes of at least 4 members (excludes halogenated alkanes) is 3. The van der Waals surface area contributed by atoms with Crippen LogP contribution in [0.15, 0.2) is 233 Å². The molecule has 43 heteroatoms. The molecule has 804 valence electrons. The fraction of sp³-hybridized carbons (Fsp3) is 0.364. The number of ketones is 1. The number of hydrazone groups is 2. The number of likely N-dealkylation sites (tertiary alicyclic amines) is 3. The number of pyridine rings is 2. The average Bonchev–Trinajstić information content (AvgIpc) is 1.62. The van der Waals surface area contributed by atoms with E-state index in [1.165, 1.54) is 107 Å². The molecular formula is C107H134BN13O27S2. The number of nitrogens with one attached hydrogen (secondary N) is 5. The minimum atomic E-state index is -4.43. The van der Waals surface area contributed by atoms with Crippen LogP contribution < -0.4 is 75.2 Å². The molecule has 0 aliphatic carbocycles. The highest BCUT2D eigenvalue weighted by molar-refractivity contribution is 7.86. The molecule has 8 aromatic carbocycles. The van der Waals surface area contributed by atoms with E-state index in [0.29, 0.717) is 158 Å². The highest BCUT2D eigenvalue weighted by atomic mass is 32.2. The van der Waals surface area contributed by atoms with Crippen LogP contribution in [-0.4, -0.2) is 242 Å². The first-order valence-corrected chi connectivity index (χ1v) is 50.3. The Hall–Kier alpha value is -15.1. The van der Waals surface area contributed by atoms with Gasteiger partial charge >= 0.3 is 19.0 Å². The number of esters is 2. The van der Waals surface area contributed by atoms with Crippen LogP contribution in [0.3, 0.4) is 0 Å². The van der Waals surface area contributed by atoms with Gasteiger partial charge in [0.2, 0.25) is 17.7 Å². The maximum absolute atomic E-state index is 13.8. The van der Waals surface area contributed by atoms with E-state index >= 15 is 0 Å². The van der Waals surface area contributed by atoms with Crippen LogP contribution in [-0.2, 0) is 74.7 Å². The number of benzene rings is 8. The Labute approximate surface area is 875 Å². The Morgan fingerprint density at radius 1 is 0.453 bits per heavy atom. The number of aromatic nitrogens is 2. The van der Waals surface area contributed by atoms with Crippen LogP contribution in [0.2, 0.25) is 6.82 Å². The lowest BCUT2D eigenvalue weighted by Gasteiger charge is -2.29. The van der Waals surface area contributed by atoms with Crippen molar-refractivity contribution in [3.05, 3.63) is 252 Å². The minimum Gasteiger partial charge on any atom is -0.493 e. The van der Waals surface area contributed by atoms with Crippen LogP contribution in [0, 0.1) is 0 Å². The number of Topliss-reactive ketones (excluding diaryl/α,β-unsaturated/α-hetero) is 1. The van der Waals surface area contributed by atoms with Gasteiger partial charge in [0, 0.05) is 73.5 Å². The Kier molecular flexibility index (Phi) is 45.5. The molecular weight excluding hydrogens is 1970 g/mol. The minimum absolute atomic E-state index is 0. The third-order valence-corrected chi connectivity index (χ3v) is 27.2. The van der Waals surface area contributed by atoms with Crippen LogP contribution in [0.1, 0.15) is 168 Å². The first-order chi connectivity index (χ1) is 70.8. The number of amides is 5. The second-order valence-electron chi connectivity index (χ2n) is 35.1. The van der Waals surface area contributed by atoms with Crippen molar-refractivity contribution >= 4 is 98.6 Å². The topological polar surface area (TPSA) is 534 Å². The molecule has 3 aliphatic rings. The lowest BCUT2D eigenvalue weighted by molar-refractivity contribution is -0.152. The normalized spacial score (nSPS) is 16.2. The number of hydrogen-bond donors (Lipinski definition) is 10. The van der Waals surface area contributed by atoms with Crippen LogP contribution in [0.4, 0.5) is 11.6 Å². The van der Waals surface area contributed by atoms with Gasteiger partial charge in [-0.3, -0.25) is 53.9 Å².